The van der Waals surface area contributed by atoms with Gasteiger partial charge < -0.3 is 15.0 Å². The van der Waals surface area contributed by atoms with E-state index in [0.29, 0.717) is 18.8 Å². The molecule has 0 bridgehead atoms. The number of fused-ring (bicyclic) bond motifs is 1. The third-order valence-electron chi connectivity index (χ3n) is 5.85. The van der Waals surface area contributed by atoms with Gasteiger partial charge in [0.15, 0.2) is 0 Å². The summed E-state index contributed by atoms with van der Waals surface area (Å²) in [6.45, 7) is 5.40. The van der Waals surface area contributed by atoms with E-state index in [1.54, 1.807) is 0 Å². The summed E-state index contributed by atoms with van der Waals surface area (Å²) >= 11 is 0. The van der Waals surface area contributed by atoms with Crippen LogP contribution in [0.2, 0.25) is 0 Å². The average molecular weight is 326 g/mol. The molecule has 1 saturated carbocycles. The number of hydrogen-bond acceptors (Lipinski definition) is 2. The van der Waals surface area contributed by atoms with E-state index in [9.17, 15) is 9.59 Å². The van der Waals surface area contributed by atoms with Crippen molar-refractivity contribution < 1.29 is 14.7 Å². The number of rotatable bonds is 2. The van der Waals surface area contributed by atoms with Crippen molar-refractivity contribution in [3.63, 3.8) is 0 Å². The van der Waals surface area contributed by atoms with Crippen molar-refractivity contribution in [2.45, 2.75) is 33.1 Å². The van der Waals surface area contributed by atoms with E-state index in [0.717, 1.165) is 30.2 Å². The Morgan fingerprint density at radius 1 is 1.21 bits per heavy atom. The Hall–Kier alpha value is -2.30. The predicted octanol–water partition coefficient (Wildman–Crippen LogP) is 3.11. The largest absolute Gasteiger partial charge is 0.481 e. The molecule has 1 aromatic carbocycles. The van der Waals surface area contributed by atoms with Gasteiger partial charge in [-0.1, -0.05) is 6.07 Å². The molecule has 2 aliphatic rings. The molecule has 1 unspecified atom stereocenters. The molecule has 2 N–H and O–H groups in total. The normalized spacial score (nSPS) is 22.1. The maximum absolute atomic E-state index is 12.8. The minimum Gasteiger partial charge on any atom is -0.481 e. The van der Waals surface area contributed by atoms with Gasteiger partial charge in [-0.3, -0.25) is 9.59 Å². The highest BCUT2D eigenvalue weighted by Crippen LogP contribution is 2.59. The lowest BCUT2D eigenvalue weighted by atomic mass is 9.90. The van der Waals surface area contributed by atoms with Crippen LogP contribution in [0.15, 0.2) is 18.2 Å². The van der Waals surface area contributed by atoms with E-state index < -0.39 is 5.97 Å². The number of amides is 1. The first-order valence-corrected chi connectivity index (χ1v) is 8.52. The second-order valence-electron chi connectivity index (χ2n) is 7.48. The van der Waals surface area contributed by atoms with Gasteiger partial charge in [-0.2, -0.15) is 0 Å². The van der Waals surface area contributed by atoms with Gasteiger partial charge in [0, 0.05) is 24.0 Å². The highest BCUT2D eigenvalue weighted by molar-refractivity contribution is 5.99. The number of carboxylic acid groups (broad SMARTS) is 1. The molecule has 1 atom stereocenters. The van der Waals surface area contributed by atoms with E-state index in [4.69, 9.17) is 5.11 Å². The number of likely N-dealkylation sites (tertiary alicyclic amines) is 1. The van der Waals surface area contributed by atoms with Crippen molar-refractivity contribution in [3.8, 4) is 0 Å². The molecule has 1 aromatic heterocycles. The number of carbonyl (C=O) groups is 2. The molecule has 1 amide bonds. The van der Waals surface area contributed by atoms with Gasteiger partial charge in [0.2, 0.25) is 0 Å². The van der Waals surface area contributed by atoms with Crippen LogP contribution in [0, 0.1) is 25.2 Å². The topological polar surface area (TPSA) is 73.4 Å². The number of H-pyrrole nitrogens is 1. The van der Waals surface area contributed by atoms with Gasteiger partial charge >= 0.3 is 5.97 Å². The lowest BCUT2D eigenvalue weighted by Gasteiger charge is -2.32. The van der Waals surface area contributed by atoms with E-state index in [-0.39, 0.29) is 17.2 Å². The summed E-state index contributed by atoms with van der Waals surface area (Å²) in [5, 5.41) is 10.3. The zero-order chi connectivity index (χ0) is 17.1. The lowest BCUT2D eigenvalue weighted by Crippen LogP contribution is -2.40. The Balaban J connectivity index is 1.51. The number of piperidine rings is 1. The van der Waals surface area contributed by atoms with E-state index in [2.05, 4.69) is 24.0 Å². The summed E-state index contributed by atoms with van der Waals surface area (Å²) in [5.74, 6) is -0.865. The Labute approximate surface area is 140 Å². The van der Waals surface area contributed by atoms with E-state index in [1.165, 1.54) is 11.1 Å². The minimum absolute atomic E-state index is 0.0191. The molecule has 5 heteroatoms. The number of nitrogens with zero attached hydrogens (tertiary/aromatic N) is 1. The second-order valence-corrected chi connectivity index (χ2v) is 7.48. The molecule has 1 aliphatic carbocycles. The fourth-order valence-corrected chi connectivity index (χ4v) is 4.29. The number of hydrogen-bond donors (Lipinski definition) is 2. The van der Waals surface area contributed by atoms with Crippen LogP contribution in [-0.4, -0.2) is 40.0 Å². The molecule has 2 heterocycles. The molecule has 1 aliphatic heterocycles. The zero-order valence-electron chi connectivity index (χ0n) is 14.1. The number of aromatic nitrogens is 1. The summed E-state index contributed by atoms with van der Waals surface area (Å²) in [5.41, 5.74) is 3.92. The molecule has 24 heavy (non-hydrogen) atoms. The van der Waals surface area contributed by atoms with Gasteiger partial charge in [0.25, 0.3) is 5.91 Å². The molecular weight excluding hydrogens is 304 g/mol. The molecule has 2 aromatic rings. The van der Waals surface area contributed by atoms with E-state index >= 15 is 0 Å². The summed E-state index contributed by atoms with van der Waals surface area (Å²) in [4.78, 5) is 29.0. The number of nitrogens with one attached hydrogen (secondary N) is 1. The predicted molar refractivity (Wildman–Crippen MR) is 91.1 cm³/mol. The van der Waals surface area contributed by atoms with Crippen molar-refractivity contribution in [3.05, 3.63) is 35.0 Å². The number of benzene rings is 1. The lowest BCUT2D eigenvalue weighted by molar-refractivity contribution is -0.139. The summed E-state index contributed by atoms with van der Waals surface area (Å²) in [6, 6.07) is 6.12. The van der Waals surface area contributed by atoms with Crippen LogP contribution >= 0.6 is 0 Å². The molecule has 126 valence electrons. The highest BCUT2D eigenvalue weighted by Gasteiger charge is 2.59. The Morgan fingerprint density at radius 3 is 2.54 bits per heavy atom. The number of carboxylic acids is 1. The third-order valence-corrected chi connectivity index (χ3v) is 5.85. The summed E-state index contributed by atoms with van der Waals surface area (Å²) in [7, 11) is 0. The van der Waals surface area contributed by atoms with Crippen LogP contribution in [0.4, 0.5) is 0 Å². The zero-order valence-corrected chi connectivity index (χ0v) is 14.1. The number of aliphatic carboxylic acids is 1. The van der Waals surface area contributed by atoms with Crippen molar-refractivity contribution >= 4 is 22.8 Å². The van der Waals surface area contributed by atoms with Gasteiger partial charge in [-0.05, 0) is 61.8 Å². The fraction of sp³-hybridized carbons (Fsp3) is 0.474. The first kappa shape index (κ1) is 15.2. The molecule has 1 spiro atoms. The van der Waals surface area contributed by atoms with Crippen LogP contribution in [-0.2, 0) is 4.79 Å². The Morgan fingerprint density at radius 2 is 1.92 bits per heavy atom. The monoisotopic (exact) mass is 326 g/mol. The SMILES string of the molecule is Cc1cc(C)c2cc(C(=O)N3CCC4(CC3)CC4C(=O)O)[nH]c2c1. The van der Waals surface area contributed by atoms with Crippen LogP contribution < -0.4 is 0 Å². The summed E-state index contributed by atoms with van der Waals surface area (Å²) in [6.07, 6.45) is 2.37. The maximum Gasteiger partial charge on any atom is 0.307 e. The van der Waals surface area contributed by atoms with Crippen molar-refractivity contribution in [1.29, 1.82) is 0 Å². The summed E-state index contributed by atoms with van der Waals surface area (Å²) < 4.78 is 0. The Bertz CT molecular complexity index is 844. The molecule has 0 radical (unpaired) electrons. The first-order valence-electron chi connectivity index (χ1n) is 8.52. The third kappa shape index (κ3) is 2.30. The van der Waals surface area contributed by atoms with Crippen molar-refractivity contribution in [2.24, 2.45) is 11.3 Å². The minimum atomic E-state index is -0.684. The van der Waals surface area contributed by atoms with Crippen molar-refractivity contribution in [2.75, 3.05) is 13.1 Å². The van der Waals surface area contributed by atoms with E-state index in [1.807, 2.05) is 17.9 Å². The average Bonchev–Trinajstić information content (AvgIpc) is 3.06. The van der Waals surface area contributed by atoms with Gasteiger partial charge in [-0.15, -0.1) is 0 Å². The van der Waals surface area contributed by atoms with Gasteiger partial charge in [0.05, 0.1) is 5.92 Å². The number of aromatic amines is 1. The number of aryl methyl sites for hydroxylation is 2. The van der Waals surface area contributed by atoms with Crippen LogP contribution in [0.1, 0.15) is 40.9 Å². The van der Waals surface area contributed by atoms with Crippen LogP contribution in [0.5, 0.6) is 0 Å². The first-order chi connectivity index (χ1) is 11.4. The fourth-order valence-electron chi connectivity index (χ4n) is 4.29. The standard InChI is InChI=1S/C19H22N2O3/c1-11-7-12(2)13-9-16(20-15(13)8-11)17(22)21-5-3-19(4-6-21)10-14(19)18(23)24/h7-9,14,20H,3-6,10H2,1-2H3,(H,23,24). The van der Waals surface area contributed by atoms with Crippen molar-refractivity contribution in [1.82, 2.24) is 9.88 Å². The quantitative estimate of drug-likeness (QED) is 0.890. The van der Waals surface area contributed by atoms with Crippen LogP contribution in [0.25, 0.3) is 10.9 Å². The van der Waals surface area contributed by atoms with Gasteiger partial charge in [-0.25, -0.2) is 0 Å². The maximum atomic E-state index is 12.8. The number of carbonyl (C=O) groups excluding carboxylic acids is 1. The molecule has 4 rings (SSSR count). The Kier molecular flexibility index (Phi) is 3.24. The smallest absolute Gasteiger partial charge is 0.307 e. The molecule has 5 nitrogen and oxygen atoms in total. The second kappa shape index (κ2) is 5.10. The van der Waals surface area contributed by atoms with Gasteiger partial charge in [0.1, 0.15) is 5.69 Å². The molecule has 1 saturated heterocycles. The molecule has 2 fully saturated rings. The highest BCUT2D eigenvalue weighted by atomic mass is 16.4. The molecular formula is C19H22N2O3. The van der Waals surface area contributed by atoms with Crippen LogP contribution in [0.3, 0.4) is 0 Å².